The molecule has 3 N–H and O–H groups in total. The van der Waals surface area contributed by atoms with Crippen LogP contribution in [0, 0.1) is 0 Å². The predicted octanol–water partition coefficient (Wildman–Crippen LogP) is 1.68. The molecule has 0 saturated heterocycles. The lowest BCUT2D eigenvalue weighted by atomic mass is 10.3. The molecule has 1 heterocycles. The van der Waals surface area contributed by atoms with Crippen LogP contribution in [0.15, 0.2) is 22.8 Å². The Balaban J connectivity index is 2.37. The van der Waals surface area contributed by atoms with Crippen LogP contribution in [0.4, 0.5) is 10.6 Å². The number of carboxylic acid groups (broad SMARTS) is 1. The second-order valence-corrected chi connectivity index (χ2v) is 5.68. The number of carbonyl (C=O) groups is 3. The molecule has 9 heteroatoms. The Kier molecular flexibility index (Phi) is 8.03. The van der Waals surface area contributed by atoms with E-state index in [2.05, 4.69) is 31.5 Å². The maximum atomic E-state index is 11.8. The molecule has 0 spiro atoms. The third-order valence-electron chi connectivity index (χ3n) is 2.85. The quantitative estimate of drug-likeness (QED) is 0.588. The van der Waals surface area contributed by atoms with Crippen LogP contribution in [0.5, 0.6) is 0 Å². The summed E-state index contributed by atoms with van der Waals surface area (Å²) in [5.41, 5.74) is 0. The van der Waals surface area contributed by atoms with Crippen molar-refractivity contribution in [2.24, 2.45) is 0 Å². The molecule has 3 amide bonds. The van der Waals surface area contributed by atoms with Gasteiger partial charge in [0.05, 0.1) is 0 Å². The topological polar surface area (TPSA) is 112 Å². The van der Waals surface area contributed by atoms with E-state index in [-0.39, 0.29) is 31.3 Å². The number of amides is 3. The van der Waals surface area contributed by atoms with Gasteiger partial charge >= 0.3 is 6.09 Å². The Morgan fingerprint density at radius 2 is 2.09 bits per heavy atom. The van der Waals surface area contributed by atoms with E-state index in [1.165, 1.54) is 6.92 Å². The highest BCUT2D eigenvalue weighted by Crippen LogP contribution is 2.12. The first-order chi connectivity index (χ1) is 10.9. The Morgan fingerprint density at radius 3 is 2.70 bits per heavy atom. The summed E-state index contributed by atoms with van der Waals surface area (Å²) in [6.45, 7) is 2.12. The first-order valence-electron chi connectivity index (χ1n) is 7.02. The number of carbonyl (C=O) groups excluding carboxylic acids is 2. The van der Waals surface area contributed by atoms with Gasteiger partial charge in [0, 0.05) is 43.6 Å². The molecule has 0 saturated carbocycles. The van der Waals surface area contributed by atoms with Gasteiger partial charge in [0.2, 0.25) is 11.8 Å². The van der Waals surface area contributed by atoms with Crippen molar-refractivity contribution < 1.29 is 19.5 Å². The summed E-state index contributed by atoms with van der Waals surface area (Å²) in [6, 6.07) is 3.39. The van der Waals surface area contributed by atoms with E-state index in [1.807, 2.05) is 0 Å². The van der Waals surface area contributed by atoms with E-state index >= 15 is 0 Å². The lowest BCUT2D eigenvalue weighted by Gasteiger charge is -2.18. The van der Waals surface area contributed by atoms with E-state index in [1.54, 1.807) is 18.3 Å². The number of nitrogens with zero attached hydrogens (tertiary/aromatic N) is 2. The fourth-order valence-electron chi connectivity index (χ4n) is 1.75. The summed E-state index contributed by atoms with van der Waals surface area (Å²) in [7, 11) is 0. The van der Waals surface area contributed by atoms with Gasteiger partial charge in [0.15, 0.2) is 0 Å². The van der Waals surface area contributed by atoms with Crippen molar-refractivity contribution in [2.45, 2.75) is 19.8 Å². The van der Waals surface area contributed by atoms with Crippen molar-refractivity contribution in [3.8, 4) is 0 Å². The van der Waals surface area contributed by atoms with Gasteiger partial charge in [-0.2, -0.15) is 0 Å². The predicted molar refractivity (Wildman–Crippen MR) is 88.1 cm³/mol. The van der Waals surface area contributed by atoms with E-state index in [9.17, 15) is 14.4 Å². The summed E-state index contributed by atoms with van der Waals surface area (Å²) in [4.78, 5) is 38.8. The fourth-order valence-corrected chi connectivity index (χ4v) is 2.09. The average molecular weight is 387 g/mol. The van der Waals surface area contributed by atoms with Crippen LogP contribution in [-0.4, -0.2) is 52.5 Å². The van der Waals surface area contributed by atoms with E-state index < -0.39 is 6.09 Å². The van der Waals surface area contributed by atoms with Gasteiger partial charge in [0.1, 0.15) is 5.82 Å². The number of halogens is 1. The fraction of sp³-hybridized carbons (Fsp3) is 0.429. The lowest BCUT2D eigenvalue weighted by Crippen LogP contribution is -2.35. The highest BCUT2D eigenvalue weighted by atomic mass is 79.9. The zero-order valence-corrected chi connectivity index (χ0v) is 14.3. The molecule has 0 aliphatic rings. The molecule has 0 atom stereocenters. The van der Waals surface area contributed by atoms with Crippen LogP contribution < -0.4 is 10.6 Å². The number of hydrogen-bond donors (Lipinski definition) is 3. The second-order valence-electron chi connectivity index (χ2n) is 4.76. The van der Waals surface area contributed by atoms with E-state index in [0.717, 1.165) is 9.37 Å². The second kappa shape index (κ2) is 9.78. The van der Waals surface area contributed by atoms with Crippen molar-refractivity contribution in [2.75, 3.05) is 25.0 Å². The normalized spacial score (nSPS) is 10.0. The maximum absolute atomic E-state index is 11.8. The summed E-state index contributed by atoms with van der Waals surface area (Å²) in [5.74, 6) is -0.0756. The number of hydrogen-bond acceptors (Lipinski definition) is 4. The zero-order valence-electron chi connectivity index (χ0n) is 12.7. The first-order valence-corrected chi connectivity index (χ1v) is 7.81. The highest BCUT2D eigenvalue weighted by Gasteiger charge is 2.13. The number of anilines is 1. The standard InChI is InChI=1S/C14H19BrN4O4/c1-10(20)16-5-2-7-19(14(22)23)8-4-13(21)18-12-9-11(15)3-6-17-12/h3,6,9H,2,4-5,7-8H2,1H3,(H,16,20)(H,22,23)(H,17,18,21). The largest absolute Gasteiger partial charge is 0.465 e. The minimum absolute atomic E-state index is 0.0284. The molecule has 0 aliphatic carbocycles. The van der Waals surface area contributed by atoms with Gasteiger partial charge in [-0.25, -0.2) is 9.78 Å². The van der Waals surface area contributed by atoms with Gasteiger partial charge in [-0.1, -0.05) is 15.9 Å². The van der Waals surface area contributed by atoms with Crippen molar-refractivity contribution in [3.05, 3.63) is 22.8 Å². The Morgan fingerprint density at radius 1 is 1.35 bits per heavy atom. The molecule has 0 aromatic carbocycles. The van der Waals surface area contributed by atoms with E-state index in [0.29, 0.717) is 18.8 Å². The Hall–Kier alpha value is -2.16. The molecular formula is C14H19BrN4O4. The third-order valence-corrected chi connectivity index (χ3v) is 3.34. The molecule has 0 unspecified atom stereocenters. The third kappa shape index (κ3) is 8.15. The van der Waals surface area contributed by atoms with Crippen molar-refractivity contribution in [1.82, 2.24) is 15.2 Å². The minimum atomic E-state index is -1.10. The zero-order chi connectivity index (χ0) is 17.2. The first kappa shape index (κ1) is 18.9. The summed E-state index contributed by atoms with van der Waals surface area (Å²) >= 11 is 3.27. The van der Waals surface area contributed by atoms with Gasteiger partial charge in [-0.3, -0.25) is 9.59 Å². The summed E-state index contributed by atoms with van der Waals surface area (Å²) < 4.78 is 0.785. The van der Waals surface area contributed by atoms with Crippen LogP contribution in [0.25, 0.3) is 0 Å². The average Bonchev–Trinajstić information content (AvgIpc) is 2.45. The van der Waals surface area contributed by atoms with Gasteiger partial charge < -0.3 is 20.6 Å². The molecule has 8 nitrogen and oxygen atoms in total. The van der Waals surface area contributed by atoms with Crippen LogP contribution in [0.1, 0.15) is 19.8 Å². The number of nitrogens with one attached hydrogen (secondary N) is 2. The number of rotatable bonds is 8. The molecule has 0 fully saturated rings. The molecule has 0 radical (unpaired) electrons. The highest BCUT2D eigenvalue weighted by molar-refractivity contribution is 9.10. The van der Waals surface area contributed by atoms with Crippen LogP contribution >= 0.6 is 15.9 Å². The van der Waals surface area contributed by atoms with Crippen LogP contribution in [-0.2, 0) is 9.59 Å². The molecule has 1 aromatic heterocycles. The van der Waals surface area contributed by atoms with Gasteiger partial charge in [-0.05, 0) is 18.6 Å². The Labute approximate surface area is 142 Å². The van der Waals surface area contributed by atoms with Gasteiger partial charge in [0.25, 0.3) is 0 Å². The van der Waals surface area contributed by atoms with Crippen molar-refractivity contribution >= 4 is 39.7 Å². The smallest absolute Gasteiger partial charge is 0.407 e. The Bertz CT molecular complexity index is 567. The molecule has 126 valence electrons. The van der Waals surface area contributed by atoms with Crippen molar-refractivity contribution in [3.63, 3.8) is 0 Å². The minimum Gasteiger partial charge on any atom is -0.465 e. The number of pyridine rings is 1. The van der Waals surface area contributed by atoms with Crippen LogP contribution in [0.2, 0.25) is 0 Å². The van der Waals surface area contributed by atoms with Gasteiger partial charge in [-0.15, -0.1) is 0 Å². The summed E-state index contributed by atoms with van der Waals surface area (Å²) in [5, 5.41) is 14.3. The van der Waals surface area contributed by atoms with Crippen LogP contribution in [0.3, 0.4) is 0 Å². The van der Waals surface area contributed by atoms with Crippen molar-refractivity contribution in [1.29, 1.82) is 0 Å². The van der Waals surface area contributed by atoms with E-state index in [4.69, 9.17) is 5.11 Å². The number of aromatic nitrogens is 1. The molecule has 23 heavy (non-hydrogen) atoms. The SMILES string of the molecule is CC(=O)NCCCN(CCC(=O)Nc1cc(Br)ccn1)C(=O)O. The molecule has 1 aromatic rings. The maximum Gasteiger partial charge on any atom is 0.407 e. The molecular weight excluding hydrogens is 368 g/mol. The molecule has 1 rings (SSSR count). The monoisotopic (exact) mass is 386 g/mol. The molecule has 0 bridgehead atoms. The summed E-state index contributed by atoms with van der Waals surface area (Å²) in [6.07, 6.45) is 0.966. The lowest BCUT2D eigenvalue weighted by molar-refractivity contribution is -0.119. The molecule has 0 aliphatic heterocycles.